The van der Waals surface area contributed by atoms with Crippen molar-refractivity contribution in [2.45, 2.75) is 25.4 Å². The van der Waals surface area contributed by atoms with Gasteiger partial charge in [0.2, 0.25) is 5.60 Å². The summed E-state index contributed by atoms with van der Waals surface area (Å²) in [6.07, 6.45) is 3.57. The highest BCUT2D eigenvalue weighted by atomic mass is 16.6. The van der Waals surface area contributed by atoms with Gasteiger partial charge >= 0.3 is 11.9 Å². The summed E-state index contributed by atoms with van der Waals surface area (Å²) in [5.41, 5.74) is 0.283. The predicted octanol–water partition coefficient (Wildman–Crippen LogP) is 3.72. The Kier molecular flexibility index (Phi) is 5.90. The van der Waals surface area contributed by atoms with Gasteiger partial charge in [-0.15, -0.1) is 0 Å². The van der Waals surface area contributed by atoms with Crippen molar-refractivity contribution in [3.63, 3.8) is 0 Å². The number of carboxylic acid groups (broad SMARTS) is 1. The Balaban J connectivity index is 2.00. The zero-order valence-corrected chi connectivity index (χ0v) is 13.5. The molecule has 1 N–H and O–H groups in total. The molecule has 0 aromatic heterocycles. The summed E-state index contributed by atoms with van der Waals surface area (Å²) in [5, 5.41) is 9.44. The van der Waals surface area contributed by atoms with Crippen LogP contribution in [0.3, 0.4) is 0 Å². The maximum absolute atomic E-state index is 12.0. The lowest BCUT2D eigenvalue weighted by Gasteiger charge is -2.24. The van der Waals surface area contributed by atoms with Crippen molar-refractivity contribution in [2.75, 3.05) is 0 Å². The van der Waals surface area contributed by atoms with Crippen molar-refractivity contribution in [2.24, 2.45) is 0 Å². The summed E-state index contributed by atoms with van der Waals surface area (Å²) in [6, 6.07) is 18.8. The predicted molar refractivity (Wildman–Crippen MR) is 92.4 cm³/mol. The van der Waals surface area contributed by atoms with Crippen LogP contribution in [-0.2, 0) is 20.7 Å². The van der Waals surface area contributed by atoms with Gasteiger partial charge in [-0.3, -0.25) is 0 Å². The van der Waals surface area contributed by atoms with E-state index in [4.69, 9.17) is 4.74 Å². The van der Waals surface area contributed by atoms with Crippen LogP contribution < -0.4 is 0 Å². The third-order valence-electron chi connectivity index (χ3n) is 3.72. The van der Waals surface area contributed by atoms with Gasteiger partial charge in [-0.05, 0) is 30.5 Å². The molecular weight excluding hydrogens is 304 g/mol. The number of rotatable bonds is 7. The Morgan fingerprint density at radius 1 is 1.04 bits per heavy atom. The van der Waals surface area contributed by atoms with Gasteiger partial charge in [0, 0.05) is 12.5 Å². The molecule has 1 atom stereocenters. The Hall–Kier alpha value is -2.88. The second kappa shape index (κ2) is 8.11. The van der Waals surface area contributed by atoms with Gasteiger partial charge in [-0.2, -0.15) is 0 Å². The topological polar surface area (TPSA) is 63.6 Å². The van der Waals surface area contributed by atoms with Gasteiger partial charge in [-0.1, -0.05) is 60.7 Å². The number of aliphatic carboxylic acids is 1. The second-order valence-corrected chi connectivity index (χ2v) is 5.69. The van der Waals surface area contributed by atoms with Crippen LogP contribution in [0.5, 0.6) is 0 Å². The molecule has 2 aromatic rings. The first-order valence-electron chi connectivity index (χ1n) is 7.73. The van der Waals surface area contributed by atoms with E-state index in [2.05, 4.69) is 0 Å². The molecule has 0 bridgehead atoms. The second-order valence-electron chi connectivity index (χ2n) is 5.69. The molecule has 4 nitrogen and oxygen atoms in total. The van der Waals surface area contributed by atoms with Crippen LogP contribution in [0.4, 0.5) is 0 Å². The van der Waals surface area contributed by atoms with E-state index in [9.17, 15) is 14.7 Å². The standard InChI is InChI=1S/C20H20O4/c1-20(19(22)23,15-14-17-10-6-3-7-11-17)24-18(21)13-12-16-8-4-2-5-9-16/h2-13H,14-15H2,1H3,(H,22,23). The van der Waals surface area contributed by atoms with E-state index < -0.39 is 17.5 Å². The molecule has 0 spiro atoms. The van der Waals surface area contributed by atoms with Gasteiger partial charge < -0.3 is 9.84 Å². The number of hydrogen-bond donors (Lipinski definition) is 1. The molecule has 1 unspecified atom stereocenters. The number of carbonyl (C=O) groups is 2. The zero-order valence-electron chi connectivity index (χ0n) is 13.5. The lowest BCUT2D eigenvalue weighted by atomic mass is 9.96. The zero-order chi connectivity index (χ0) is 17.4. The minimum atomic E-state index is -1.56. The van der Waals surface area contributed by atoms with E-state index >= 15 is 0 Å². The van der Waals surface area contributed by atoms with Crippen LogP contribution in [-0.4, -0.2) is 22.6 Å². The minimum Gasteiger partial charge on any atom is -0.478 e. The summed E-state index contributed by atoms with van der Waals surface area (Å²) in [7, 11) is 0. The Morgan fingerprint density at radius 3 is 2.21 bits per heavy atom. The first-order valence-corrected chi connectivity index (χ1v) is 7.73. The molecule has 0 aliphatic carbocycles. The smallest absolute Gasteiger partial charge is 0.347 e. The normalized spacial score (nSPS) is 13.4. The van der Waals surface area contributed by atoms with Crippen molar-refractivity contribution in [3.05, 3.63) is 77.9 Å². The van der Waals surface area contributed by atoms with E-state index in [1.165, 1.54) is 13.0 Å². The molecule has 0 aliphatic heterocycles. The summed E-state index contributed by atoms with van der Waals surface area (Å²) in [6.45, 7) is 1.42. The highest BCUT2D eigenvalue weighted by Gasteiger charge is 2.36. The van der Waals surface area contributed by atoms with Gasteiger partial charge in [0.1, 0.15) is 0 Å². The maximum atomic E-state index is 12.0. The average molecular weight is 324 g/mol. The van der Waals surface area contributed by atoms with Crippen molar-refractivity contribution in [1.82, 2.24) is 0 Å². The number of benzene rings is 2. The van der Waals surface area contributed by atoms with Gasteiger partial charge in [0.05, 0.1) is 0 Å². The third-order valence-corrected chi connectivity index (χ3v) is 3.72. The fourth-order valence-electron chi connectivity index (χ4n) is 2.21. The molecule has 0 fully saturated rings. The molecule has 0 amide bonds. The molecular formula is C20H20O4. The Labute approximate surface area is 141 Å². The molecule has 0 aliphatic rings. The number of carboxylic acids is 1. The van der Waals surface area contributed by atoms with Gasteiger partial charge in [-0.25, -0.2) is 9.59 Å². The fraction of sp³-hybridized carbons (Fsp3) is 0.200. The number of hydrogen-bond acceptors (Lipinski definition) is 3. The van der Waals surface area contributed by atoms with E-state index in [1.54, 1.807) is 6.08 Å². The summed E-state index contributed by atoms with van der Waals surface area (Å²) < 4.78 is 5.22. The van der Waals surface area contributed by atoms with Crippen LogP contribution in [0, 0.1) is 0 Å². The van der Waals surface area contributed by atoms with E-state index in [0.717, 1.165) is 11.1 Å². The van der Waals surface area contributed by atoms with Crippen molar-refractivity contribution < 1.29 is 19.4 Å². The lowest BCUT2D eigenvalue weighted by molar-refractivity contribution is -0.173. The highest BCUT2D eigenvalue weighted by Crippen LogP contribution is 2.20. The third kappa shape index (κ3) is 5.09. The Bertz CT molecular complexity index is 707. The SMILES string of the molecule is CC(CCc1ccccc1)(OC(=O)C=Cc1ccccc1)C(=O)O. The lowest BCUT2D eigenvalue weighted by Crippen LogP contribution is -2.40. The number of carbonyl (C=O) groups excluding carboxylic acids is 1. The molecule has 2 aromatic carbocycles. The van der Waals surface area contributed by atoms with Crippen LogP contribution in [0.25, 0.3) is 6.08 Å². The summed E-state index contributed by atoms with van der Waals surface area (Å²) in [4.78, 5) is 23.5. The largest absolute Gasteiger partial charge is 0.478 e. The fourth-order valence-corrected chi connectivity index (χ4v) is 2.21. The molecule has 124 valence electrons. The van der Waals surface area contributed by atoms with Crippen LogP contribution in [0.2, 0.25) is 0 Å². The quantitative estimate of drug-likeness (QED) is 0.623. The van der Waals surface area contributed by atoms with E-state index in [-0.39, 0.29) is 6.42 Å². The molecule has 4 heteroatoms. The van der Waals surface area contributed by atoms with Crippen LogP contribution in [0.15, 0.2) is 66.7 Å². The van der Waals surface area contributed by atoms with E-state index in [0.29, 0.717) is 6.42 Å². The molecule has 0 saturated heterocycles. The first kappa shape index (κ1) is 17.5. The first-order chi connectivity index (χ1) is 11.5. The molecule has 0 radical (unpaired) electrons. The molecule has 24 heavy (non-hydrogen) atoms. The van der Waals surface area contributed by atoms with Crippen molar-refractivity contribution in [1.29, 1.82) is 0 Å². The monoisotopic (exact) mass is 324 g/mol. The summed E-state index contributed by atoms with van der Waals surface area (Å²) in [5.74, 6) is -1.82. The van der Waals surface area contributed by atoms with Gasteiger partial charge in [0.15, 0.2) is 0 Å². The average Bonchev–Trinajstić information content (AvgIpc) is 2.60. The number of ether oxygens (including phenoxy) is 1. The van der Waals surface area contributed by atoms with E-state index in [1.807, 2.05) is 60.7 Å². The van der Waals surface area contributed by atoms with Crippen LogP contribution >= 0.6 is 0 Å². The molecule has 2 rings (SSSR count). The van der Waals surface area contributed by atoms with Crippen LogP contribution in [0.1, 0.15) is 24.5 Å². The molecule has 0 saturated carbocycles. The summed E-state index contributed by atoms with van der Waals surface area (Å²) >= 11 is 0. The van der Waals surface area contributed by atoms with Crippen molar-refractivity contribution in [3.8, 4) is 0 Å². The van der Waals surface area contributed by atoms with Gasteiger partial charge in [0.25, 0.3) is 0 Å². The van der Waals surface area contributed by atoms with Crippen molar-refractivity contribution >= 4 is 18.0 Å². The Morgan fingerprint density at radius 2 is 1.62 bits per heavy atom. The number of esters is 1. The highest BCUT2D eigenvalue weighted by molar-refractivity contribution is 5.90. The number of aryl methyl sites for hydroxylation is 1. The molecule has 0 heterocycles. The maximum Gasteiger partial charge on any atom is 0.347 e. The minimum absolute atomic E-state index is 0.206.